The van der Waals surface area contributed by atoms with Crippen molar-refractivity contribution in [2.75, 3.05) is 19.1 Å². The highest BCUT2D eigenvalue weighted by molar-refractivity contribution is 5.95. The lowest BCUT2D eigenvalue weighted by molar-refractivity contribution is -0.143. The Morgan fingerprint density at radius 2 is 1.54 bits per heavy atom. The summed E-state index contributed by atoms with van der Waals surface area (Å²) in [4.78, 5) is 38.4. The molecule has 2 aromatic rings. The van der Waals surface area contributed by atoms with Gasteiger partial charge in [-0.15, -0.1) is 0 Å². The molecule has 0 aliphatic carbocycles. The molecule has 0 radical (unpaired) electrons. The summed E-state index contributed by atoms with van der Waals surface area (Å²) in [5, 5.41) is 19.4. The van der Waals surface area contributed by atoms with Crippen LogP contribution >= 0.6 is 0 Å². The predicted octanol–water partition coefficient (Wildman–Crippen LogP) is 6.02. The molecule has 0 unspecified atom stereocenters. The molecule has 1 aliphatic heterocycles. The number of carboxylic acid groups (broad SMARTS) is 2. The summed E-state index contributed by atoms with van der Waals surface area (Å²) in [7, 11) is 2.09. The second-order valence-electron chi connectivity index (χ2n) is 8.68. The highest BCUT2D eigenvalue weighted by atomic mass is 19.4. The highest BCUT2D eigenvalue weighted by Crippen LogP contribution is 2.45. The first-order valence-electron chi connectivity index (χ1n) is 11.1. The second-order valence-corrected chi connectivity index (χ2v) is 8.68. The lowest BCUT2D eigenvalue weighted by Crippen LogP contribution is -2.47. The summed E-state index contributed by atoms with van der Waals surface area (Å²) in [5.74, 6) is -1.68. The zero-order valence-corrected chi connectivity index (χ0v) is 20.6. The molecule has 9 nitrogen and oxygen atoms in total. The normalized spacial score (nSPS) is 17.3. The van der Waals surface area contributed by atoms with E-state index in [9.17, 15) is 50.9 Å². The van der Waals surface area contributed by atoms with Crippen molar-refractivity contribution in [3.8, 4) is 5.75 Å². The molecule has 39 heavy (non-hydrogen) atoms. The maximum Gasteiger partial charge on any atom is 0.416 e. The largest absolute Gasteiger partial charge is 0.496 e. The quantitative estimate of drug-likeness (QED) is 0.427. The molecule has 2 amide bonds. The van der Waals surface area contributed by atoms with Crippen LogP contribution in [0.25, 0.3) is 0 Å². The van der Waals surface area contributed by atoms with Crippen LogP contribution in [0.1, 0.15) is 52.0 Å². The Morgan fingerprint density at radius 1 is 0.974 bits per heavy atom. The number of amides is 2. The third kappa shape index (κ3) is 5.96. The van der Waals surface area contributed by atoms with Crippen molar-refractivity contribution in [3.63, 3.8) is 0 Å². The van der Waals surface area contributed by atoms with Crippen LogP contribution < -0.4 is 9.64 Å². The van der Waals surface area contributed by atoms with Crippen LogP contribution in [0.4, 0.5) is 41.6 Å². The topological polar surface area (TPSA) is 117 Å². The number of anilines is 1. The van der Waals surface area contributed by atoms with Gasteiger partial charge in [-0.25, -0.2) is 14.4 Å². The summed E-state index contributed by atoms with van der Waals surface area (Å²) in [6.45, 7) is 0.654. The summed E-state index contributed by atoms with van der Waals surface area (Å²) in [6, 6.07) is 0.964. The average molecular weight is 564 g/mol. The Morgan fingerprint density at radius 3 is 1.97 bits per heavy atom. The minimum absolute atomic E-state index is 0.0397. The molecular formula is C24H22F6N2O7. The van der Waals surface area contributed by atoms with Crippen LogP contribution in [-0.2, 0) is 23.6 Å². The number of halogens is 6. The molecule has 1 aliphatic rings. The van der Waals surface area contributed by atoms with Gasteiger partial charge in [0.1, 0.15) is 11.3 Å². The van der Waals surface area contributed by atoms with Gasteiger partial charge < -0.3 is 19.7 Å². The molecule has 0 saturated carbocycles. The molecule has 3 rings (SSSR count). The molecule has 0 aromatic heterocycles. The second kappa shape index (κ2) is 10.5. The number of hydrogen-bond donors (Lipinski definition) is 2. The average Bonchev–Trinajstić information content (AvgIpc) is 2.83. The van der Waals surface area contributed by atoms with Crippen LogP contribution in [-0.4, -0.2) is 53.5 Å². The fourth-order valence-corrected chi connectivity index (χ4v) is 4.50. The maximum atomic E-state index is 13.4. The number of carbonyl (C=O) groups excluding carboxylic acids is 1. The number of fused-ring (bicyclic) bond motifs is 1. The summed E-state index contributed by atoms with van der Waals surface area (Å²) < 4.78 is 90.3. The van der Waals surface area contributed by atoms with Gasteiger partial charge in [0, 0.05) is 18.7 Å². The number of benzene rings is 2. The van der Waals surface area contributed by atoms with E-state index in [2.05, 4.69) is 0 Å². The van der Waals surface area contributed by atoms with Crippen molar-refractivity contribution in [3.05, 3.63) is 58.1 Å². The number of rotatable bonds is 5. The molecule has 0 spiro atoms. The summed E-state index contributed by atoms with van der Waals surface area (Å²) >= 11 is 0. The number of alkyl halides is 6. The van der Waals surface area contributed by atoms with Crippen LogP contribution in [0.15, 0.2) is 30.3 Å². The van der Waals surface area contributed by atoms with Gasteiger partial charge in [-0.1, -0.05) is 0 Å². The molecule has 0 fully saturated rings. The number of methoxy groups -OCH3 is 2. The molecule has 212 valence electrons. The van der Waals surface area contributed by atoms with Crippen molar-refractivity contribution in [1.82, 2.24) is 4.90 Å². The minimum Gasteiger partial charge on any atom is -0.496 e. The third-order valence-corrected chi connectivity index (χ3v) is 6.19. The summed E-state index contributed by atoms with van der Waals surface area (Å²) in [6.07, 6.45) is -13.0. The molecule has 15 heteroatoms. The van der Waals surface area contributed by atoms with E-state index >= 15 is 0 Å². The van der Waals surface area contributed by atoms with Gasteiger partial charge >= 0.3 is 30.5 Å². The molecule has 1 heterocycles. The predicted molar refractivity (Wildman–Crippen MR) is 122 cm³/mol. The lowest BCUT2D eigenvalue weighted by Gasteiger charge is -2.42. The van der Waals surface area contributed by atoms with Crippen molar-refractivity contribution in [2.24, 2.45) is 0 Å². The molecular weight excluding hydrogens is 542 g/mol. The first-order valence-corrected chi connectivity index (χ1v) is 11.1. The highest BCUT2D eigenvalue weighted by Gasteiger charge is 2.41. The zero-order chi connectivity index (χ0) is 29.4. The molecule has 2 atom stereocenters. The third-order valence-electron chi connectivity index (χ3n) is 6.19. The number of hydrogen-bond acceptors (Lipinski definition) is 5. The van der Waals surface area contributed by atoms with Crippen LogP contribution in [0, 0.1) is 0 Å². The number of nitrogens with zero attached hydrogens (tertiary/aromatic N) is 2. The number of ether oxygens (including phenoxy) is 2. The number of carboxylic acids is 1. The van der Waals surface area contributed by atoms with Crippen molar-refractivity contribution >= 4 is 23.8 Å². The lowest BCUT2D eigenvalue weighted by atomic mass is 9.88. The minimum atomic E-state index is -5.13. The smallest absolute Gasteiger partial charge is 0.416 e. The van der Waals surface area contributed by atoms with E-state index in [-0.39, 0.29) is 29.5 Å². The Hall–Kier alpha value is -4.17. The first-order chi connectivity index (χ1) is 18.0. The van der Waals surface area contributed by atoms with Crippen molar-refractivity contribution in [1.29, 1.82) is 0 Å². The van der Waals surface area contributed by atoms with Gasteiger partial charge in [-0.3, -0.25) is 9.80 Å². The standard InChI is InChI=1S/C24H22F6N2O7/c1-11-4-17(15-8-16(20(33)34)19(38-2)9-18(15)32(11)21(35)36)31(22(37)39-3)10-12-5-13(23(25,26)27)7-14(6-12)24(28,29)30/h5-9,11,17H,4,10H2,1-3H3,(H,33,34)(H,35,36)/t11-,17+/m1/s1. The number of aromatic carboxylic acids is 1. The number of carbonyl (C=O) groups is 3. The molecule has 0 bridgehead atoms. The van der Waals surface area contributed by atoms with E-state index in [0.717, 1.165) is 36.2 Å². The monoisotopic (exact) mass is 564 g/mol. The molecule has 2 N–H and O–H groups in total. The Labute approximate surface area is 217 Å². The fourth-order valence-electron chi connectivity index (χ4n) is 4.50. The Bertz CT molecular complexity index is 1260. The van der Waals surface area contributed by atoms with Crippen molar-refractivity contribution < 1.29 is 60.4 Å². The first kappa shape index (κ1) is 29.4. The fraction of sp³-hybridized carbons (Fsp3) is 0.375. The maximum absolute atomic E-state index is 13.4. The summed E-state index contributed by atoms with van der Waals surface area (Å²) in [5.41, 5.74) is -4.26. The van der Waals surface area contributed by atoms with Gasteiger partial charge in [0.05, 0.1) is 37.1 Å². The molecule has 0 saturated heterocycles. The Kier molecular flexibility index (Phi) is 7.94. The van der Waals surface area contributed by atoms with E-state index in [1.807, 2.05) is 0 Å². The van der Waals surface area contributed by atoms with Gasteiger partial charge in [-0.05, 0) is 48.7 Å². The van der Waals surface area contributed by atoms with Gasteiger partial charge in [0.25, 0.3) is 0 Å². The van der Waals surface area contributed by atoms with Crippen LogP contribution in [0.3, 0.4) is 0 Å². The Balaban J connectivity index is 2.23. The van der Waals surface area contributed by atoms with Gasteiger partial charge in [0.15, 0.2) is 0 Å². The van der Waals surface area contributed by atoms with Crippen LogP contribution in [0.2, 0.25) is 0 Å². The van der Waals surface area contributed by atoms with Crippen LogP contribution in [0.5, 0.6) is 5.75 Å². The SMILES string of the molecule is COC(=O)N(Cc1cc(C(F)(F)F)cc(C(F)(F)F)c1)[C@H]1C[C@@H](C)N(C(=O)O)c2cc(OC)c(C(=O)O)cc21. The van der Waals surface area contributed by atoms with E-state index < -0.39 is 71.4 Å². The zero-order valence-electron chi connectivity index (χ0n) is 20.6. The van der Waals surface area contributed by atoms with Gasteiger partial charge in [-0.2, -0.15) is 26.3 Å². The van der Waals surface area contributed by atoms with Crippen molar-refractivity contribution in [2.45, 2.75) is 44.3 Å². The van der Waals surface area contributed by atoms with E-state index in [1.165, 1.54) is 6.92 Å². The van der Waals surface area contributed by atoms with E-state index in [1.54, 1.807) is 0 Å². The van der Waals surface area contributed by atoms with Gasteiger partial charge in [0.2, 0.25) is 0 Å². The van der Waals surface area contributed by atoms with E-state index in [4.69, 9.17) is 9.47 Å². The van der Waals surface area contributed by atoms with E-state index in [0.29, 0.717) is 12.1 Å². The molecule has 2 aromatic carbocycles.